The van der Waals surface area contributed by atoms with Crippen LogP contribution in [0.3, 0.4) is 0 Å². The molecule has 6 nitrogen and oxygen atoms in total. The summed E-state index contributed by atoms with van der Waals surface area (Å²) in [7, 11) is 0. The van der Waals surface area contributed by atoms with Crippen LogP contribution < -0.4 is 0 Å². The van der Waals surface area contributed by atoms with Crippen molar-refractivity contribution in [2.75, 3.05) is 6.54 Å². The lowest BCUT2D eigenvalue weighted by atomic mass is 9.98. The van der Waals surface area contributed by atoms with Gasteiger partial charge < -0.3 is 10.2 Å². The summed E-state index contributed by atoms with van der Waals surface area (Å²) >= 11 is 0. The maximum atomic E-state index is 9.86. The van der Waals surface area contributed by atoms with Crippen LogP contribution in [0.2, 0.25) is 0 Å². The molecule has 0 fully saturated rings. The molecule has 6 heteroatoms. The van der Waals surface area contributed by atoms with Gasteiger partial charge in [-0.2, -0.15) is 5.26 Å². The molecule has 0 radical (unpaired) electrons. The largest absolute Gasteiger partial charge is 0.390 e. The van der Waals surface area contributed by atoms with E-state index >= 15 is 0 Å². The first-order chi connectivity index (χ1) is 8.20. The first-order valence-electron chi connectivity index (χ1n) is 5.06. The summed E-state index contributed by atoms with van der Waals surface area (Å²) in [6, 6.07) is 8.46. The van der Waals surface area contributed by atoms with E-state index in [2.05, 4.69) is 10.0 Å². The molecular weight excluding hydrogens is 220 g/mol. The Hall–Kier alpha value is -2.06. The van der Waals surface area contributed by atoms with Crippen molar-refractivity contribution in [3.8, 4) is 6.07 Å². The summed E-state index contributed by atoms with van der Waals surface area (Å²) in [6.07, 6.45) is -2.07. The van der Waals surface area contributed by atoms with Crippen LogP contribution >= 0.6 is 0 Å². The normalized spacial score (nSPS) is 13.2. The monoisotopic (exact) mass is 232 g/mol. The van der Waals surface area contributed by atoms with Crippen molar-refractivity contribution < 1.29 is 10.2 Å². The average molecular weight is 232 g/mol. The molecule has 0 aliphatic heterocycles. The number of aliphatic hydroxyl groups is 2. The van der Waals surface area contributed by atoms with Gasteiger partial charge in [-0.3, -0.25) is 0 Å². The van der Waals surface area contributed by atoms with Crippen LogP contribution in [-0.2, 0) is 0 Å². The van der Waals surface area contributed by atoms with Crippen LogP contribution in [0.4, 0.5) is 0 Å². The number of nitrogens with zero attached hydrogens (tertiary/aromatic N) is 4. The highest BCUT2D eigenvalue weighted by Gasteiger charge is 2.20. The zero-order valence-electron chi connectivity index (χ0n) is 9.06. The molecule has 17 heavy (non-hydrogen) atoms. The molecule has 0 amide bonds. The Morgan fingerprint density at radius 3 is 2.76 bits per heavy atom. The number of aliphatic hydroxyl groups excluding tert-OH is 2. The number of rotatable bonds is 5. The molecule has 88 valence electrons. The van der Waals surface area contributed by atoms with E-state index in [0.717, 1.165) is 0 Å². The second-order valence-electron chi connectivity index (χ2n) is 3.45. The number of benzene rings is 1. The van der Waals surface area contributed by atoms with Crippen LogP contribution in [0.1, 0.15) is 23.7 Å². The second kappa shape index (κ2) is 6.51. The van der Waals surface area contributed by atoms with E-state index in [4.69, 9.17) is 10.8 Å². The van der Waals surface area contributed by atoms with Gasteiger partial charge in [0, 0.05) is 17.0 Å². The van der Waals surface area contributed by atoms with Crippen molar-refractivity contribution in [3.63, 3.8) is 0 Å². The smallest absolute Gasteiger partial charge is 0.106 e. The molecule has 1 aromatic rings. The fourth-order valence-corrected chi connectivity index (χ4v) is 1.46. The summed E-state index contributed by atoms with van der Waals surface area (Å²) in [4.78, 5) is 2.55. The molecule has 1 rings (SSSR count). The van der Waals surface area contributed by atoms with Crippen molar-refractivity contribution >= 4 is 0 Å². The van der Waals surface area contributed by atoms with Gasteiger partial charge >= 0.3 is 0 Å². The SMILES string of the molecule is N#Cc1ccccc1C(O)C(O)CCN=[N+]=[N-]. The maximum Gasteiger partial charge on any atom is 0.106 e. The predicted octanol–water partition coefficient (Wildman–Crippen LogP) is 1.65. The molecule has 0 heterocycles. The van der Waals surface area contributed by atoms with Gasteiger partial charge in [0.2, 0.25) is 0 Å². The highest BCUT2D eigenvalue weighted by Crippen LogP contribution is 2.22. The molecule has 0 saturated carbocycles. The van der Waals surface area contributed by atoms with Gasteiger partial charge in [-0.15, -0.1) is 0 Å². The van der Waals surface area contributed by atoms with Gasteiger partial charge in [0.15, 0.2) is 0 Å². The summed E-state index contributed by atoms with van der Waals surface area (Å²) in [6.45, 7) is 0.101. The van der Waals surface area contributed by atoms with Crippen molar-refractivity contribution in [3.05, 3.63) is 45.8 Å². The average Bonchev–Trinajstić information content (AvgIpc) is 2.38. The highest BCUT2D eigenvalue weighted by atomic mass is 16.3. The number of azide groups is 1. The Morgan fingerprint density at radius 2 is 2.12 bits per heavy atom. The van der Waals surface area contributed by atoms with Gasteiger partial charge in [0.25, 0.3) is 0 Å². The van der Waals surface area contributed by atoms with Gasteiger partial charge in [-0.1, -0.05) is 23.3 Å². The third-order valence-corrected chi connectivity index (χ3v) is 2.35. The molecule has 1 aromatic carbocycles. The topological polar surface area (TPSA) is 113 Å². The lowest BCUT2D eigenvalue weighted by Gasteiger charge is -2.18. The molecular formula is C11H12N4O2. The predicted molar refractivity (Wildman–Crippen MR) is 60.8 cm³/mol. The second-order valence-corrected chi connectivity index (χ2v) is 3.45. The van der Waals surface area contributed by atoms with E-state index < -0.39 is 12.2 Å². The standard InChI is InChI=1S/C11H12N4O2/c12-7-8-3-1-2-4-9(8)11(17)10(16)5-6-14-15-13/h1-4,10-11,16-17H,5-6H2. The number of hydrogen-bond acceptors (Lipinski definition) is 4. The summed E-state index contributed by atoms with van der Waals surface area (Å²) in [5, 5.41) is 31.7. The van der Waals surface area contributed by atoms with E-state index in [-0.39, 0.29) is 13.0 Å². The van der Waals surface area contributed by atoms with E-state index in [1.54, 1.807) is 24.3 Å². The van der Waals surface area contributed by atoms with Crippen LogP contribution in [0, 0.1) is 11.3 Å². The van der Waals surface area contributed by atoms with Gasteiger partial charge in [0.1, 0.15) is 6.10 Å². The molecule has 2 unspecified atom stereocenters. The molecule has 0 aromatic heterocycles. The number of nitriles is 1. The van der Waals surface area contributed by atoms with Gasteiger partial charge in [-0.05, 0) is 18.0 Å². The molecule has 0 bridgehead atoms. The zero-order valence-corrected chi connectivity index (χ0v) is 9.06. The summed E-state index contributed by atoms with van der Waals surface area (Å²) < 4.78 is 0. The molecule has 0 aliphatic rings. The van der Waals surface area contributed by atoms with Crippen molar-refractivity contribution in [1.82, 2.24) is 0 Å². The quantitative estimate of drug-likeness (QED) is 0.457. The minimum atomic E-state index is -1.15. The van der Waals surface area contributed by atoms with Crippen LogP contribution in [0.5, 0.6) is 0 Å². The minimum absolute atomic E-state index is 0.101. The third kappa shape index (κ3) is 3.47. The molecule has 2 N–H and O–H groups in total. The Kier molecular flexibility index (Phi) is 4.98. The molecule has 0 spiro atoms. The van der Waals surface area contributed by atoms with Crippen molar-refractivity contribution in [2.45, 2.75) is 18.6 Å². The third-order valence-electron chi connectivity index (χ3n) is 2.35. The first-order valence-corrected chi connectivity index (χ1v) is 5.06. The molecule has 0 saturated heterocycles. The van der Waals surface area contributed by atoms with Crippen LogP contribution in [0.15, 0.2) is 29.4 Å². The summed E-state index contributed by atoms with van der Waals surface area (Å²) in [5.41, 5.74) is 8.79. The fourth-order valence-electron chi connectivity index (χ4n) is 1.46. The fraction of sp³-hybridized carbons (Fsp3) is 0.364. The lowest BCUT2D eigenvalue weighted by molar-refractivity contribution is 0.0149. The highest BCUT2D eigenvalue weighted by molar-refractivity contribution is 5.39. The van der Waals surface area contributed by atoms with Crippen molar-refractivity contribution in [2.24, 2.45) is 5.11 Å². The Morgan fingerprint density at radius 1 is 1.41 bits per heavy atom. The van der Waals surface area contributed by atoms with Crippen LogP contribution in [-0.4, -0.2) is 22.9 Å². The number of hydrogen-bond donors (Lipinski definition) is 2. The zero-order chi connectivity index (χ0) is 12.7. The molecule has 0 aliphatic carbocycles. The maximum absolute atomic E-state index is 9.86. The Balaban J connectivity index is 2.78. The Labute approximate surface area is 98.4 Å². The molecule has 2 atom stereocenters. The van der Waals surface area contributed by atoms with E-state index in [1.165, 1.54) is 0 Å². The van der Waals surface area contributed by atoms with Gasteiger partial charge in [-0.25, -0.2) is 0 Å². The van der Waals surface area contributed by atoms with Crippen LogP contribution in [0.25, 0.3) is 10.4 Å². The minimum Gasteiger partial charge on any atom is -0.390 e. The first kappa shape index (κ1) is 13.0. The summed E-state index contributed by atoms with van der Waals surface area (Å²) in [5.74, 6) is 0. The van der Waals surface area contributed by atoms with Gasteiger partial charge in [0.05, 0.1) is 17.7 Å². The Bertz CT molecular complexity index is 463. The van der Waals surface area contributed by atoms with E-state index in [1.807, 2.05) is 6.07 Å². The van der Waals surface area contributed by atoms with E-state index in [0.29, 0.717) is 11.1 Å². The van der Waals surface area contributed by atoms with Crippen molar-refractivity contribution in [1.29, 1.82) is 5.26 Å². The van der Waals surface area contributed by atoms with E-state index in [9.17, 15) is 10.2 Å². The lowest BCUT2D eigenvalue weighted by Crippen LogP contribution is -2.20.